The molecule has 3 aromatic rings. The summed E-state index contributed by atoms with van der Waals surface area (Å²) < 4.78 is 11.7. The third-order valence-electron chi connectivity index (χ3n) is 16.9. The topological polar surface area (TPSA) is 282 Å². The average Bonchev–Trinajstić information content (AvgIpc) is 4.12. The number of hydrogen-bond acceptors (Lipinski definition) is 14. The van der Waals surface area contributed by atoms with Crippen molar-refractivity contribution in [3.8, 4) is 11.5 Å². The number of nitrogens with one attached hydrogen (secondary N) is 10. The van der Waals surface area contributed by atoms with E-state index in [-0.39, 0.29) is 84.6 Å². The van der Waals surface area contributed by atoms with Crippen LogP contribution in [0, 0.1) is 11.8 Å². The van der Waals surface area contributed by atoms with E-state index in [9.17, 15) is 38.4 Å². The van der Waals surface area contributed by atoms with Crippen molar-refractivity contribution in [1.82, 2.24) is 63.0 Å². The highest BCUT2D eigenvalue weighted by Crippen LogP contribution is 2.35. The third kappa shape index (κ3) is 13.4. The first-order valence-corrected chi connectivity index (χ1v) is 28.4. The third-order valence-corrected chi connectivity index (χ3v) is 16.9. The number of ether oxygens (including phenoxy) is 2. The molecule has 80 heavy (non-hydrogen) atoms. The van der Waals surface area contributed by atoms with Crippen molar-refractivity contribution in [1.29, 1.82) is 0 Å². The molecule has 0 radical (unpaired) electrons. The molecule has 0 spiro atoms. The zero-order valence-corrected chi connectivity index (χ0v) is 46.1. The van der Waals surface area contributed by atoms with E-state index in [0.717, 1.165) is 11.1 Å². The molecule has 0 aliphatic carbocycles. The highest BCUT2D eigenvalue weighted by molar-refractivity contribution is 5.99. The molecule has 430 valence electrons. The van der Waals surface area contributed by atoms with E-state index >= 15 is 0 Å². The van der Waals surface area contributed by atoms with Crippen LogP contribution in [-0.4, -0.2) is 172 Å². The molecule has 0 bridgehead atoms. The van der Waals surface area contributed by atoms with Crippen molar-refractivity contribution < 1.29 is 47.8 Å². The summed E-state index contributed by atoms with van der Waals surface area (Å²) in [7, 11) is 3.33. The summed E-state index contributed by atoms with van der Waals surface area (Å²) in [5.41, 5.74) is 2.12. The average molecular weight is 1100 g/mol. The van der Waals surface area contributed by atoms with Crippen LogP contribution in [0.3, 0.4) is 0 Å². The molecule has 0 unspecified atom stereocenters. The Morgan fingerprint density at radius 1 is 0.512 bits per heavy atom. The van der Waals surface area contributed by atoms with Crippen LogP contribution < -0.4 is 62.6 Å². The van der Waals surface area contributed by atoms with E-state index in [4.69, 9.17) is 9.47 Å². The van der Waals surface area contributed by atoms with Gasteiger partial charge in [-0.25, -0.2) is 0 Å². The Bertz CT molecular complexity index is 2550. The van der Waals surface area contributed by atoms with Crippen molar-refractivity contribution in [3.63, 3.8) is 0 Å². The summed E-state index contributed by atoms with van der Waals surface area (Å²) in [6, 6.07) is 14.1. The molecule has 6 heterocycles. The highest BCUT2D eigenvalue weighted by Gasteiger charge is 2.47. The normalized spacial score (nSPS) is 24.4. The largest absolute Gasteiger partial charge is 0.493 e. The number of carbonyl (C=O) groups excluding carboxylic acids is 8. The number of carbonyl (C=O) groups is 8. The Morgan fingerprint density at radius 2 is 0.887 bits per heavy atom. The molecule has 6 aliphatic heterocycles. The van der Waals surface area contributed by atoms with Gasteiger partial charge in [0, 0.05) is 60.3 Å². The van der Waals surface area contributed by atoms with Crippen molar-refractivity contribution >= 4 is 47.3 Å². The first-order chi connectivity index (χ1) is 38.7. The molecule has 4 fully saturated rings. The van der Waals surface area contributed by atoms with Gasteiger partial charge in [-0.2, -0.15) is 0 Å². The summed E-state index contributed by atoms with van der Waals surface area (Å²) in [6.45, 7) is 6.91. The molecule has 9 rings (SSSR count). The Hall–Kier alpha value is -7.14. The lowest BCUT2D eigenvalue weighted by molar-refractivity contribution is -0.143. The summed E-state index contributed by atoms with van der Waals surface area (Å²) in [5.74, 6) is -2.23. The Balaban J connectivity index is 0.896. The molecule has 0 aromatic heterocycles. The van der Waals surface area contributed by atoms with Crippen LogP contribution in [0.4, 0.5) is 0 Å². The van der Waals surface area contributed by atoms with E-state index < -0.39 is 72.0 Å². The van der Waals surface area contributed by atoms with Crippen LogP contribution in [0.25, 0.3) is 0 Å². The first kappa shape index (κ1) is 57.5. The van der Waals surface area contributed by atoms with Gasteiger partial charge < -0.3 is 72.4 Å². The number of nitrogens with zero attached hydrogens (tertiary/aromatic N) is 2. The number of para-hydroxylation sites is 2. The fourth-order valence-electron chi connectivity index (χ4n) is 12.0. The van der Waals surface area contributed by atoms with Gasteiger partial charge in [-0.05, 0) is 141 Å². The zero-order chi connectivity index (χ0) is 56.5. The number of likely N-dealkylation sites (N-methyl/N-ethyl adjacent to an activating group) is 2. The van der Waals surface area contributed by atoms with Crippen molar-refractivity contribution in [3.05, 3.63) is 95.1 Å². The number of benzene rings is 3. The standard InChI is InChI=1S/C58H78N12O10/c1-33(59-3)51(71)67-49(35-17-23-61-24-18-35)57(77)69-31-39(29-45(69)55(75)65-43-21-27-79-47-11-7-5-9-41(43)47)63-53(73)37-13-15-38(16-14-37)54(74)64-40-30-46(56(76)66-44-22-28-80-48-12-8-6-10-42(44)48)70(32-40)58(78)50(36-19-25-62-26-20-36)68-52(72)34(2)60-4/h5-16,33-36,39-40,43-46,49-50,59-62H,17-32H2,1-4H3,(H,63,73)(H,64,74)(H,65,75)(H,66,76)(H,67,71)(H,68,72)/t33-,34-,39-,40-,43+,44+,45-,46-,49-,50-/m0/s1. The molecule has 22 nitrogen and oxygen atoms in total. The van der Waals surface area contributed by atoms with Crippen molar-refractivity contribution in [2.24, 2.45) is 11.8 Å². The maximum absolute atomic E-state index is 14.9. The van der Waals surface area contributed by atoms with Crippen LogP contribution in [0.2, 0.25) is 0 Å². The Kier molecular flexibility index (Phi) is 19.0. The lowest BCUT2D eigenvalue weighted by Gasteiger charge is -2.35. The van der Waals surface area contributed by atoms with Crippen LogP contribution in [0.1, 0.15) is 109 Å². The maximum atomic E-state index is 14.9. The summed E-state index contributed by atoms with van der Waals surface area (Å²) in [5, 5.41) is 31.0. The van der Waals surface area contributed by atoms with Crippen molar-refractivity contribution in [2.75, 3.05) is 66.6 Å². The van der Waals surface area contributed by atoms with E-state index in [0.29, 0.717) is 89.4 Å². The predicted octanol–water partition coefficient (Wildman–Crippen LogP) is 0.550. The van der Waals surface area contributed by atoms with E-state index in [2.05, 4.69) is 53.2 Å². The molecular weight excluding hydrogens is 1020 g/mol. The van der Waals surface area contributed by atoms with Gasteiger partial charge >= 0.3 is 0 Å². The van der Waals surface area contributed by atoms with E-state index in [1.54, 1.807) is 27.9 Å². The molecule has 22 heteroatoms. The van der Waals surface area contributed by atoms with Crippen LogP contribution >= 0.6 is 0 Å². The molecular formula is C58H78N12O10. The number of piperidine rings is 2. The minimum absolute atomic E-state index is 0.00871. The minimum Gasteiger partial charge on any atom is -0.493 e. The second-order valence-electron chi connectivity index (χ2n) is 22.0. The van der Waals surface area contributed by atoms with Gasteiger partial charge in [0.25, 0.3) is 11.8 Å². The minimum atomic E-state index is -0.973. The zero-order valence-electron chi connectivity index (χ0n) is 46.1. The van der Waals surface area contributed by atoms with Crippen LogP contribution in [0.5, 0.6) is 11.5 Å². The quantitative estimate of drug-likeness (QED) is 0.0834. The lowest BCUT2D eigenvalue weighted by Crippen LogP contribution is -2.59. The lowest BCUT2D eigenvalue weighted by atomic mass is 9.88. The monoisotopic (exact) mass is 1100 g/mol. The molecule has 8 amide bonds. The second-order valence-corrected chi connectivity index (χ2v) is 22.0. The predicted molar refractivity (Wildman–Crippen MR) is 296 cm³/mol. The molecule has 10 atom stereocenters. The molecule has 3 aromatic carbocycles. The van der Waals surface area contributed by atoms with Gasteiger partial charge in [0.15, 0.2) is 0 Å². The van der Waals surface area contributed by atoms with Crippen LogP contribution in [-0.2, 0) is 28.8 Å². The van der Waals surface area contributed by atoms with Crippen LogP contribution in [0.15, 0.2) is 72.8 Å². The molecule has 4 saturated heterocycles. The summed E-state index contributed by atoms with van der Waals surface area (Å²) in [6.07, 6.45) is 3.82. The Morgan fingerprint density at radius 3 is 1.26 bits per heavy atom. The maximum Gasteiger partial charge on any atom is 0.251 e. The van der Waals surface area contributed by atoms with Gasteiger partial charge in [0.1, 0.15) is 35.7 Å². The number of amides is 8. The summed E-state index contributed by atoms with van der Waals surface area (Å²) >= 11 is 0. The van der Waals surface area contributed by atoms with E-state index in [1.165, 1.54) is 34.1 Å². The van der Waals surface area contributed by atoms with Gasteiger partial charge in [-0.15, -0.1) is 0 Å². The number of fused-ring (bicyclic) bond motifs is 2. The van der Waals surface area contributed by atoms with Gasteiger partial charge in [0.2, 0.25) is 35.4 Å². The summed E-state index contributed by atoms with van der Waals surface area (Å²) in [4.78, 5) is 117. The molecule has 10 N–H and O–H groups in total. The highest BCUT2D eigenvalue weighted by atomic mass is 16.5. The van der Waals surface area contributed by atoms with E-state index in [1.807, 2.05) is 48.5 Å². The fraction of sp³-hybridized carbons (Fsp3) is 0.552. The first-order valence-electron chi connectivity index (χ1n) is 28.4. The van der Waals surface area contributed by atoms with Gasteiger partial charge in [0.05, 0.1) is 37.4 Å². The fourth-order valence-corrected chi connectivity index (χ4v) is 12.0. The van der Waals surface area contributed by atoms with Gasteiger partial charge in [-0.1, -0.05) is 36.4 Å². The molecule has 6 aliphatic rings. The number of hydrogen-bond donors (Lipinski definition) is 10. The van der Waals surface area contributed by atoms with Gasteiger partial charge in [-0.3, -0.25) is 38.4 Å². The van der Waals surface area contributed by atoms with Crippen molar-refractivity contribution in [2.45, 2.75) is 126 Å². The Labute approximate surface area is 467 Å². The second kappa shape index (κ2) is 26.4. The smallest absolute Gasteiger partial charge is 0.251 e. The number of rotatable bonds is 18. The molecule has 0 saturated carbocycles. The number of likely N-dealkylation sites (tertiary alicyclic amines) is 2. The SMILES string of the molecule is CN[C@@H](C)C(=O)N[C@H](C(=O)N1C[C@@H](NC(=O)c2ccc(C(=O)N[C@H]3C[C@@H](C(=O)N[C@@H]4CCOc5ccccc54)N(C(=O)[C@@H](NC(=O)[C@H](C)NC)C4CCNCC4)C3)cc2)C[C@H]1C(=O)N[C@@H]1CCOc2ccccc21)C1CCNCC1.